The van der Waals surface area contributed by atoms with Crippen LogP contribution in [0.1, 0.15) is 30.4 Å². The molecule has 0 spiro atoms. The number of anilines is 1. The number of hydrogen-bond donors (Lipinski definition) is 1. The van der Waals surface area contributed by atoms with Crippen LogP contribution in [0, 0.1) is 11.3 Å². The summed E-state index contributed by atoms with van der Waals surface area (Å²) < 4.78 is 1.71. The van der Waals surface area contributed by atoms with Gasteiger partial charge in [-0.3, -0.25) is 4.98 Å². The number of rotatable bonds is 7. The third-order valence-electron chi connectivity index (χ3n) is 4.74. The Morgan fingerprint density at radius 2 is 2.00 bits per heavy atom. The maximum Gasteiger partial charge on any atom is 0.226 e. The Morgan fingerprint density at radius 3 is 2.71 bits per heavy atom. The Bertz CT molecular complexity index is 1260. The number of nitrogens with one attached hydrogen (secondary N) is 1. The van der Waals surface area contributed by atoms with Gasteiger partial charge in [-0.25, -0.2) is 9.97 Å². The summed E-state index contributed by atoms with van der Waals surface area (Å²) in [5, 5.41) is 17.9. The zero-order valence-electron chi connectivity index (χ0n) is 16.8. The van der Waals surface area contributed by atoms with Gasteiger partial charge in [0.2, 0.25) is 5.95 Å². The quantitative estimate of drug-likeness (QED) is 0.398. The minimum Gasteiger partial charge on any atom is -0.354 e. The fourth-order valence-corrected chi connectivity index (χ4v) is 3.65. The highest BCUT2D eigenvalue weighted by molar-refractivity contribution is 6.36. The number of aromatic nitrogens is 5. The van der Waals surface area contributed by atoms with Gasteiger partial charge in [-0.15, -0.1) is 5.10 Å². The van der Waals surface area contributed by atoms with Gasteiger partial charge in [-0.05, 0) is 43.2 Å². The third-order valence-corrected chi connectivity index (χ3v) is 5.29. The van der Waals surface area contributed by atoms with Crippen LogP contribution in [-0.2, 0) is 12.8 Å². The molecule has 0 aliphatic heterocycles. The smallest absolute Gasteiger partial charge is 0.226 e. The highest BCUT2D eigenvalue weighted by atomic mass is 35.5. The Hall–Kier alpha value is -3.21. The van der Waals surface area contributed by atoms with Crippen LogP contribution in [0.2, 0.25) is 10.0 Å². The average molecular weight is 452 g/mol. The van der Waals surface area contributed by atoms with Crippen molar-refractivity contribution in [1.82, 2.24) is 24.6 Å². The molecule has 3 aromatic heterocycles. The number of benzene rings is 1. The summed E-state index contributed by atoms with van der Waals surface area (Å²) >= 11 is 12.4. The normalized spacial score (nSPS) is 10.9. The molecule has 0 aliphatic rings. The van der Waals surface area contributed by atoms with Crippen LogP contribution in [0.15, 0.2) is 42.6 Å². The molecule has 1 aromatic carbocycles. The van der Waals surface area contributed by atoms with Crippen LogP contribution in [0.3, 0.4) is 0 Å². The largest absolute Gasteiger partial charge is 0.354 e. The van der Waals surface area contributed by atoms with Crippen LogP contribution in [0.25, 0.3) is 16.9 Å². The molecule has 31 heavy (non-hydrogen) atoms. The zero-order valence-corrected chi connectivity index (χ0v) is 18.3. The molecule has 0 amide bonds. The van der Waals surface area contributed by atoms with Crippen molar-refractivity contribution in [3.8, 4) is 17.3 Å². The van der Waals surface area contributed by atoms with E-state index in [0.29, 0.717) is 39.4 Å². The van der Waals surface area contributed by atoms with E-state index in [9.17, 15) is 0 Å². The Kier molecular flexibility index (Phi) is 6.31. The van der Waals surface area contributed by atoms with Gasteiger partial charge >= 0.3 is 0 Å². The van der Waals surface area contributed by atoms with Gasteiger partial charge in [0.05, 0.1) is 16.3 Å². The lowest BCUT2D eigenvalue weighted by Gasteiger charge is -2.10. The Balaban J connectivity index is 1.56. The predicted octanol–water partition coefficient (Wildman–Crippen LogP) is 4.97. The molecule has 156 valence electrons. The lowest BCUT2D eigenvalue weighted by molar-refractivity contribution is 0.809. The van der Waals surface area contributed by atoms with Gasteiger partial charge in [-0.1, -0.05) is 30.1 Å². The molecule has 0 saturated heterocycles. The third kappa shape index (κ3) is 4.76. The summed E-state index contributed by atoms with van der Waals surface area (Å²) in [5.41, 5.74) is 3.67. The van der Waals surface area contributed by atoms with Crippen molar-refractivity contribution in [2.24, 2.45) is 0 Å². The lowest BCUT2D eigenvalue weighted by atomic mass is 10.1. The molecule has 4 aromatic rings. The van der Waals surface area contributed by atoms with Gasteiger partial charge in [0, 0.05) is 41.5 Å². The van der Waals surface area contributed by atoms with Crippen molar-refractivity contribution in [1.29, 1.82) is 5.26 Å². The molecule has 9 heteroatoms. The maximum absolute atomic E-state index is 8.88. The van der Waals surface area contributed by atoms with E-state index < -0.39 is 0 Å². The summed E-state index contributed by atoms with van der Waals surface area (Å²) in [4.78, 5) is 13.6. The summed E-state index contributed by atoms with van der Waals surface area (Å²) in [7, 11) is 0. The van der Waals surface area contributed by atoms with E-state index in [1.165, 1.54) is 0 Å². The standard InChI is InChI=1S/C22H19Cl2N7/c1-2-20-29-21-11-19(17-8-6-15(23)10-18(17)24)28-22(31(21)30-20)26-9-3-4-16-7-5-14(12-25)13-27-16/h5-8,10-11,13H,2-4,9H2,1H3,(H,26,28). The van der Waals surface area contributed by atoms with Crippen LogP contribution in [-0.4, -0.2) is 31.1 Å². The SMILES string of the molecule is CCc1nc2cc(-c3ccc(Cl)cc3Cl)nc(NCCCc3ccc(C#N)cn3)n2n1. The average Bonchev–Trinajstić information content (AvgIpc) is 3.20. The fraction of sp³-hybridized carbons (Fsp3) is 0.227. The number of fused-ring (bicyclic) bond motifs is 1. The monoisotopic (exact) mass is 451 g/mol. The summed E-state index contributed by atoms with van der Waals surface area (Å²) in [6.45, 7) is 2.68. The predicted molar refractivity (Wildman–Crippen MR) is 121 cm³/mol. The first-order valence-electron chi connectivity index (χ1n) is 9.88. The van der Waals surface area contributed by atoms with E-state index in [1.54, 1.807) is 28.9 Å². The van der Waals surface area contributed by atoms with E-state index in [4.69, 9.17) is 33.4 Å². The first-order chi connectivity index (χ1) is 15.1. The number of nitrogens with zero attached hydrogens (tertiary/aromatic N) is 6. The number of halogens is 2. The van der Waals surface area contributed by atoms with Gasteiger partial charge in [0.15, 0.2) is 11.5 Å². The molecule has 4 rings (SSSR count). The summed E-state index contributed by atoms with van der Waals surface area (Å²) in [6, 6.07) is 12.9. The molecule has 0 radical (unpaired) electrons. The van der Waals surface area contributed by atoms with E-state index >= 15 is 0 Å². The van der Waals surface area contributed by atoms with Crippen molar-refractivity contribution >= 4 is 34.8 Å². The highest BCUT2D eigenvalue weighted by Gasteiger charge is 2.14. The van der Waals surface area contributed by atoms with E-state index in [1.807, 2.05) is 25.1 Å². The van der Waals surface area contributed by atoms with Crippen molar-refractivity contribution in [2.45, 2.75) is 26.2 Å². The molecule has 7 nitrogen and oxygen atoms in total. The molecular weight excluding hydrogens is 433 g/mol. The molecule has 0 bridgehead atoms. The molecule has 0 atom stereocenters. The molecule has 1 N–H and O–H groups in total. The van der Waals surface area contributed by atoms with E-state index in [0.717, 1.165) is 36.3 Å². The van der Waals surface area contributed by atoms with Gasteiger partial charge in [0.1, 0.15) is 6.07 Å². The Morgan fingerprint density at radius 1 is 1.13 bits per heavy atom. The minimum absolute atomic E-state index is 0.525. The van der Waals surface area contributed by atoms with Crippen molar-refractivity contribution in [3.63, 3.8) is 0 Å². The topological polar surface area (TPSA) is 91.8 Å². The number of nitriles is 1. The molecule has 0 aliphatic carbocycles. The van der Waals surface area contributed by atoms with E-state index in [2.05, 4.69) is 26.5 Å². The molecule has 0 unspecified atom stereocenters. The maximum atomic E-state index is 8.88. The number of hydrogen-bond acceptors (Lipinski definition) is 6. The molecule has 3 heterocycles. The van der Waals surface area contributed by atoms with Crippen LogP contribution < -0.4 is 5.32 Å². The van der Waals surface area contributed by atoms with Crippen molar-refractivity contribution in [2.75, 3.05) is 11.9 Å². The first kappa shape index (κ1) is 21.0. The van der Waals surface area contributed by atoms with Crippen LogP contribution in [0.4, 0.5) is 5.95 Å². The van der Waals surface area contributed by atoms with Gasteiger partial charge in [0.25, 0.3) is 0 Å². The number of aryl methyl sites for hydroxylation is 2. The van der Waals surface area contributed by atoms with Crippen LogP contribution >= 0.6 is 23.2 Å². The lowest BCUT2D eigenvalue weighted by Crippen LogP contribution is -2.11. The van der Waals surface area contributed by atoms with Crippen molar-refractivity contribution in [3.05, 3.63) is 69.7 Å². The van der Waals surface area contributed by atoms with Gasteiger partial charge in [-0.2, -0.15) is 9.78 Å². The van der Waals surface area contributed by atoms with Gasteiger partial charge < -0.3 is 5.32 Å². The summed E-state index contributed by atoms with van der Waals surface area (Å²) in [6.07, 6.45) is 3.93. The second-order valence-electron chi connectivity index (χ2n) is 6.92. The first-order valence-corrected chi connectivity index (χ1v) is 10.6. The van der Waals surface area contributed by atoms with Crippen LogP contribution in [0.5, 0.6) is 0 Å². The molecule has 0 saturated carbocycles. The second kappa shape index (κ2) is 9.29. The fourth-order valence-electron chi connectivity index (χ4n) is 3.14. The number of pyridine rings is 1. The highest BCUT2D eigenvalue weighted by Crippen LogP contribution is 2.30. The molecule has 0 fully saturated rings. The van der Waals surface area contributed by atoms with Crippen molar-refractivity contribution < 1.29 is 0 Å². The van der Waals surface area contributed by atoms with E-state index in [-0.39, 0.29) is 0 Å². The summed E-state index contributed by atoms with van der Waals surface area (Å²) in [5.74, 6) is 1.34. The zero-order chi connectivity index (χ0) is 21.8. The Labute approximate surface area is 189 Å². The minimum atomic E-state index is 0.525. The molecular formula is C22H19Cl2N7. The second-order valence-corrected chi connectivity index (χ2v) is 7.76.